The minimum Gasteiger partial charge on any atom is -0.367 e. The van der Waals surface area contributed by atoms with Gasteiger partial charge in [-0.2, -0.15) is 26.7 Å². The van der Waals surface area contributed by atoms with Gasteiger partial charge in [0.05, 0.1) is 24.3 Å². The molecule has 1 saturated carbocycles. The van der Waals surface area contributed by atoms with E-state index < -0.39 is 27.8 Å². The quantitative estimate of drug-likeness (QED) is 0.380. The predicted molar refractivity (Wildman–Crippen MR) is 127 cm³/mol. The lowest BCUT2D eigenvalue weighted by molar-refractivity contribution is -0.137. The lowest BCUT2D eigenvalue weighted by atomic mass is 10.1. The Morgan fingerprint density at radius 2 is 2.05 bits per heavy atom. The minimum atomic E-state index is -4.52. The lowest BCUT2D eigenvalue weighted by Gasteiger charge is -2.15. The van der Waals surface area contributed by atoms with Gasteiger partial charge in [0, 0.05) is 23.5 Å². The molecule has 2 unspecified atom stereocenters. The first-order chi connectivity index (χ1) is 17.4. The van der Waals surface area contributed by atoms with Crippen molar-refractivity contribution in [2.24, 2.45) is 11.1 Å². The molecule has 0 saturated heterocycles. The molecular weight excluding hydrogens is 537 g/mol. The molecule has 4 rings (SSSR count). The van der Waals surface area contributed by atoms with E-state index in [2.05, 4.69) is 24.6 Å². The first kappa shape index (κ1) is 27.0. The van der Waals surface area contributed by atoms with Gasteiger partial charge in [0.15, 0.2) is 0 Å². The van der Waals surface area contributed by atoms with E-state index in [9.17, 15) is 26.4 Å². The van der Waals surface area contributed by atoms with Gasteiger partial charge in [-0.05, 0) is 55.0 Å². The Bertz CT molecular complexity index is 1400. The third-order valence-electron chi connectivity index (χ3n) is 5.89. The third kappa shape index (κ3) is 7.03. The first-order valence-corrected chi connectivity index (χ1v) is 12.9. The number of rotatable bonds is 9. The third-order valence-corrected chi connectivity index (χ3v) is 6.72. The number of carbonyl (C=O) groups excluding carboxylic acids is 1. The van der Waals surface area contributed by atoms with Crippen LogP contribution in [0, 0.1) is 5.92 Å². The summed E-state index contributed by atoms with van der Waals surface area (Å²) in [6.07, 6.45) is 1.55. The van der Waals surface area contributed by atoms with E-state index in [-0.39, 0.29) is 52.8 Å². The van der Waals surface area contributed by atoms with Crippen LogP contribution in [0.4, 0.5) is 19.0 Å². The van der Waals surface area contributed by atoms with Gasteiger partial charge in [0.25, 0.3) is 0 Å². The Balaban J connectivity index is 1.45. The fourth-order valence-corrected chi connectivity index (χ4v) is 4.67. The molecule has 1 fully saturated rings. The van der Waals surface area contributed by atoms with E-state index in [1.165, 1.54) is 35.5 Å². The van der Waals surface area contributed by atoms with Gasteiger partial charge in [-0.25, -0.2) is 15.1 Å². The lowest BCUT2D eigenvalue weighted by Crippen LogP contribution is -2.22. The number of nitrogens with one attached hydrogen (secondary N) is 1. The fourth-order valence-electron chi connectivity index (χ4n) is 4.11. The summed E-state index contributed by atoms with van der Waals surface area (Å²) >= 11 is 6.07. The van der Waals surface area contributed by atoms with Gasteiger partial charge in [-0.15, -0.1) is 0 Å². The molecule has 10 nitrogen and oxygen atoms in total. The zero-order chi connectivity index (χ0) is 26.8. The summed E-state index contributed by atoms with van der Waals surface area (Å²) in [6, 6.07) is 4.37. The van der Waals surface area contributed by atoms with Crippen LogP contribution < -0.4 is 10.5 Å². The molecular formula is C22H22ClF3N6O4S. The van der Waals surface area contributed by atoms with Crippen molar-refractivity contribution in [1.82, 2.24) is 19.7 Å². The van der Waals surface area contributed by atoms with E-state index in [0.29, 0.717) is 19.3 Å². The molecule has 1 aliphatic carbocycles. The summed E-state index contributed by atoms with van der Waals surface area (Å²) in [7, 11) is -4.02. The van der Waals surface area contributed by atoms with Crippen LogP contribution in [0.15, 0.2) is 43.0 Å². The maximum Gasteiger partial charge on any atom is 0.416 e. The topological polar surface area (TPSA) is 142 Å². The zero-order valence-electron chi connectivity index (χ0n) is 19.2. The highest BCUT2D eigenvalue weighted by atomic mass is 35.5. The maximum atomic E-state index is 13.2. The molecule has 0 aliphatic heterocycles. The largest absolute Gasteiger partial charge is 0.416 e. The van der Waals surface area contributed by atoms with Crippen LogP contribution in [0.2, 0.25) is 5.02 Å². The number of aromatic nitrogens is 4. The molecule has 0 spiro atoms. The van der Waals surface area contributed by atoms with E-state index >= 15 is 0 Å². The Morgan fingerprint density at radius 3 is 2.78 bits per heavy atom. The standard InChI is InChI=1S/C22H22ClF3N6O4S/c23-18-4-2-15(22(24,25)26)8-14(18)10-32-6-5-19(31-32)20(33)17-9-28-12-29-21(17)30-16-3-1-13(7-16)11-36-37(27,34)35/h2,4-6,8-9,12-13,16H,1,3,7,10-11H2,(H2,27,34,35)(H,28,29,30). The molecule has 2 aromatic heterocycles. The average molecular weight is 559 g/mol. The molecule has 0 amide bonds. The number of ketones is 1. The summed E-state index contributed by atoms with van der Waals surface area (Å²) in [5, 5.41) is 12.4. The van der Waals surface area contributed by atoms with Crippen molar-refractivity contribution >= 4 is 33.5 Å². The predicted octanol–water partition coefficient (Wildman–Crippen LogP) is 3.43. The number of benzene rings is 1. The van der Waals surface area contributed by atoms with Crippen molar-refractivity contribution < 1.29 is 30.6 Å². The van der Waals surface area contributed by atoms with Crippen LogP contribution in [-0.4, -0.2) is 46.6 Å². The van der Waals surface area contributed by atoms with E-state index in [4.69, 9.17) is 16.7 Å². The Kier molecular flexibility index (Phi) is 7.83. The zero-order valence-corrected chi connectivity index (χ0v) is 20.7. The van der Waals surface area contributed by atoms with Crippen LogP contribution in [-0.2, 0) is 27.2 Å². The molecule has 1 aromatic carbocycles. The van der Waals surface area contributed by atoms with E-state index in [1.807, 2.05) is 0 Å². The summed E-state index contributed by atoms with van der Waals surface area (Å²) in [4.78, 5) is 21.3. The van der Waals surface area contributed by atoms with Crippen LogP contribution in [0.5, 0.6) is 0 Å². The minimum absolute atomic E-state index is 0.0279. The van der Waals surface area contributed by atoms with E-state index in [0.717, 1.165) is 12.1 Å². The van der Waals surface area contributed by atoms with Crippen molar-refractivity contribution in [3.8, 4) is 0 Å². The molecule has 2 heterocycles. The summed E-state index contributed by atoms with van der Waals surface area (Å²) in [5.41, 5.74) is -0.426. The van der Waals surface area contributed by atoms with Crippen molar-refractivity contribution in [3.63, 3.8) is 0 Å². The molecule has 0 radical (unpaired) electrons. The molecule has 3 aromatic rings. The van der Waals surface area contributed by atoms with Crippen LogP contribution >= 0.6 is 11.6 Å². The number of hydrogen-bond acceptors (Lipinski definition) is 8. The summed E-state index contributed by atoms with van der Waals surface area (Å²) < 4.78 is 67.2. The number of halogens is 4. The first-order valence-electron chi connectivity index (χ1n) is 11.1. The highest BCUT2D eigenvalue weighted by molar-refractivity contribution is 7.84. The van der Waals surface area contributed by atoms with Gasteiger partial charge in [-0.3, -0.25) is 13.7 Å². The second kappa shape index (κ2) is 10.7. The normalized spacial score (nSPS) is 18.2. The number of hydrogen-bond donors (Lipinski definition) is 2. The highest BCUT2D eigenvalue weighted by Gasteiger charge is 2.31. The fraction of sp³-hybridized carbons (Fsp3) is 0.364. The molecule has 1 aliphatic rings. The number of nitrogens with two attached hydrogens (primary N) is 1. The number of carbonyl (C=O) groups is 1. The molecule has 198 valence electrons. The van der Waals surface area contributed by atoms with Gasteiger partial charge < -0.3 is 5.32 Å². The second-order valence-corrected chi connectivity index (χ2v) is 10.2. The monoisotopic (exact) mass is 558 g/mol. The molecule has 3 N–H and O–H groups in total. The Labute approximate surface area is 215 Å². The SMILES string of the molecule is NS(=O)(=O)OCC1CCC(Nc2ncncc2C(=O)c2ccn(Cc3cc(C(F)(F)F)ccc3Cl)n2)C1. The van der Waals surface area contributed by atoms with Crippen molar-refractivity contribution in [3.05, 3.63) is 70.4 Å². The number of nitrogens with zero attached hydrogens (tertiary/aromatic N) is 4. The summed E-state index contributed by atoms with van der Waals surface area (Å²) in [6.45, 7) is -0.101. The van der Waals surface area contributed by atoms with Gasteiger partial charge in [0.1, 0.15) is 17.8 Å². The van der Waals surface area contributed by atoms with E-state index in [1.54, 1.807) is 0 Å². The average Bonchev–Trinajstić information content (AvgIpc) is 3.47. The van der Waals surface area contributed by atoms with Crippen molar-refractivity contribution in [1.29, 1.82) is 0 Å². The highest BCUT2D eigenvalue weighted by Crippen LogP contribution is 2.32. The van der Waals surface area contributed by atoms with Gasteiger partial charge >= 0.3 is 16.5 Å². The molecule has 0 bridgehead atoms. The van der Waals surface area contributed by atoms with Crippen molar-refractivity contribution in [2.75, 3.05) is 11.9 Å². The van der Waals surface area contributed by atoms with Crippen LogP contribution in [0.3, 0.4) is 0 Å². The van der Waals surface area contributed by atoms with Crippen molar-refractivity contribution in [2.45, 2.75) is 38.0 Å². The van der Waals surface area contributed by atoms with Crippen LogP contribution in [0.1, 0.15) is 46.4 Å². The molecule has 37 heavy (non-hydrogen) atoms. The number of alkyl halides is 3. The molecule has 15 heteroatoms. The number of anilines is 1. The second-order valence-electron chi connectivity index (χ2n) is 8.61. The maximum absolute atomic E-state index is 13.2. The van der Waals surface area contributed by atoms with Crippen LogP contribution in [0.25, 0.3) is 0 Å². The Hall–Kier alpha value is -3.07. The van der Waals surface area contributed by atoms with Gasteiger partial charge in [-0.1, -0.05) is 11.6 Å². The summed E-state index contributed by atoms with van der Waals surface area (Å²) in [5.74, 6) is -0.229. The van der Waals surface area contributed by atoms with Gasteiger partial charge in [0.2, 0.25) is 5.78 Å². The Morgan fingerprint density at radius 1 is 1.27 bits per heavy atom. The molecule has 2 atom stereocenters. The smallest absolute Gasteiger partial charge is 0.367 e.